The molecule has 1 aliphatic carbocycles. The zero-order valence-electron chi connectivity index (χ0n) is 14.6. The van der Waals surface area contributed by atoms with E-state index in [-0.39, 0.29) is 29.6 Å². The molecule has 2 N–H and O–H groups in total. The highest BCUT2D eigenvalue weighted by atomic mass is 32.2. The fraction of sp³-hybridized carbons (Fsp3) is 0.556. The second-order valence-electron chi connectivity index (χ2n) is 6.54. The van der Waals surface area contributed by atoms with Crippen LogP contribution in [-0.2, 0) is 14.8 Å². The third-order valence-electron chi connectivity index (χ3n) is 4.53. The van der Waals surface area contributed by atoms with Crippen molar-refractivity contribution < 1.29 is 18.0 Å². The molecule has 0 spiro atoms. The van der Waals surface area contributed by atoms with E-state index in [0.717, 1.165) is 12.8 Å². The van der Waals surface area contributed by atoms with Crippen LogP contribution >= 0.6 is 0 Å². The third-order valence-corrected chi connectivity index (χ3v) is 6.00. The molecule has 7 heteroatoms. The normalized spacial score (nSPS) is 15.7. The highest BCUT2D eigenvalue weighted by Crippen LogP contribution is 2.22. The van der Waals surface area contributed by atoms with Crippen LogP contribution in [0.15, 0.2) is 29.2 Å². The van der Waals surface area contributed by atoms with Crippen LogP contribution in [0.5, 0.6) is 0 Å². The molecule has 0 saturated heterocycles. The van der Waals surface area contributed by atoms with Crippen LogP contribution in [0.4, 0.5) is 0 Å². The second-order valence-corrected chi connectivity index (χ2v) is 8.30. The van der Waals surface area contributed by atoms with Crippen molar-refractivity contribution in [3.05, 3.63) is 29.8 Å². The largest absolute Gasteiger partial charge is 0.356 e. The van der Waals surface area contributed by atoms with Crippen LogP contribution in [0, 0.1) is 5.92 Å². The van der Waals surface area contributed by atoms with Gasteiger partial charge in [0.05, 0.1) is 4.90 Å². The number of benzene rings is 1. The Balaban J connectivity index is 1.75. The summed E-state index contributed by atoms with van der Waals surface area (Å²) in [5.41, 5.74) is 0.459. The third kappa shape index (κ3) is 6.25. The number of hydrogen-bond donors (Lipinski definition) is 2. The molecule has 0 heterocycles. The lowest BCUT2D eigenvalue weighted by Crippen LogP contribution is -2.33. The highest BCUT2D eigenvalue weighted by Gasteiger charge is 2.16. The summed E-state index contributed by atoms with van der Waals surface area (Å²) in [4.78, 5) is 23.1. The summed E-state index contributed by atoms with van der Waals surface area (Å²) < 4.78 is 26.8. The lowest BCUT2D eigenvalue weighted by molar-refractivity contribution is -0.121. The predicted octanol–water partition coefficient (Wildman–Crippen LogP) is 2.25. The van der Waals surface area contributed by atoms with Crippen molar-refractivity contribution in [2.45, 2.75) is 50.3 Å². The van der Waals surface area contributed by atoms with E-state index in [1.54, 1.807) is 0 Å². The molecule has 0 unspecified atom stereocenters. The van der Waals surface area contributed by atoms with E-state index in [1.807, 2.05) is 0 Å². The van der Waals surface area contributed by atoms with Gasteiger partial charge in [0.1, 0.15) is 0 Å². The fourth-order valence-corrected chi connectivity index (χ4v) is 4.02. The van der Waals surface area contributed by atoms with Gasteiger partial charge >= 0.3 is 0 Å². The van der Waals surface area contributed by atoms with Gasteiger partial charge in [0.25, 0.3) is 0 Å². The van der Waals surface area contributed by atoms with Gasteiger partial charge in [-0.15, -0.1) is 0 Å². The van der Waals surface area contributed by atoms with E-state index >= 15 is 0 Å². The molecule has 0 aliphatic heterocycles. The molecule has 2 rings (SSSR count). The van der Waals surface area contributed by atoms with Crippen molar-refractivity contribution in [2.24, 2.45) is 5.92 Å². The Morgan fingerprint density at radius 2 is 1.72 bits per heavy atom. The minimum atomic E-state index is -3.68. The van der Waals surface area contributed by atoms with Gasteiger partial charge in [-0.1, -0.05) is 31.4 Å². The van der Waals surface area contributed by atoms with Crippen molar-refractivity contribution in [3.8, 4) is 0 Å². The Morgan fingerprint density at radius 3 is 2.32 bits per heavy atom. The lowest BCUT2D eigenvalue weighted by atomic mass is 9.89. The first-order chi connectivity index (χ1) is 11.9. The van der Waals surface area contributed by atoms with Gasteiger partial charge in [0.15, 0.2) is 5.78 Å². The summed E-state index contributed by atoms with van der Waals surface area (Å²) in [6, 6.07) is 5.74. The molecule has 25 heavy (non-hydrogen) atoms. The molecule has 1 aromatic carbocycles. The van der Waals surface area contributed by atoms with Gasteiger partial charge in [-0.25, -0.2) is 13.1 Å². The Morgan fingerprint density at radius 1 is 1.08 bits per heavy atom. The van der Waals surface area contributed by atoms with Crippen LogP contribution in [0.2, 0.25) is 0 Å². The van der Waals surface area contributed by atoms with Gasteiger partial charge in [-0.2, -0.15) is 0 Å². The number of rotatable bonds is 8. The van der Waals surface area contributed by atoms with Crippen LogP contribution in [0.25, 0.3) is 0 Å². The number of carbonyl (C=O) groups excluding carboxylic acids is 2. The maximum atomic E-state index is 12.2. The first-order valence-corrected chi connectivity index (χ1v) is 10.2. The highest BCUT2D eigenvalue weighted by molar-refractivity contribution is 7.89. The average molecular weight is 366 g/mol. The standard InChI is InChI=1S/C18H26N2O4S/c1-14(21)16-7-9-17(10-8-16)25(23,24)20-12-11-18(22)19-13-15-5-3-2-4-6-15/h7-10,15,20H,2-6,11-13H2,1H3,(H,19,22). The predicted molar refractivity (Wildman–Crippen MR) is 95.8 cm³/mol. The molecule has 0 aromatic heterocycles. The first-order valence-electron chi connectivity index (χ1n) is 8.76. The van der Waals surface area contributed by atoms with Crippen LogP contribution < -0.4 is 10.0 Å². The summed E-state index contributed by atoms with van der Waals surface area (Å²) in [5, 5.41) is 2.89. The summed E-state index contributed by atoms with van der Waals surface area (Å²) >= 11 is 0. The summed E-state index contributed by atoms with van der Waals surface area (Å²) in [5.74, 6) is 0.293. The zero-order valence-corrected chi connectivity index (χ0v) is 15.4. The second kappa shape index (κ2) is 9.10. The number of hydrogen-bond acceptors (Lipinski definition) is 4. The Kier molecular flexibility index (Phi) is 7.13. The van der Waals surface area contributed by atoms with Crippen LogP contribution in [-0.4, -0.2) is 33.2 Å². The van der Waals surface area contributed by atoms with E-state index < -0.39 is 10.0 Å². The first kappa shape index (κ1) is 19.6. The molecule has 0 radical (unpaired) electrons. The van der Waals surface area contributed by atoms with Gasteiger partial charge in [0, 0.05) is 25.1 Å². The zero-order chi connectivity index (χ0) is 18.3. The van der Waals surface area contributed by atoms with Crippen molar-refractivity contribution in [1.82, 2.24) is 10.0 Å². The molecule has 1 fully saturated rings. The average Bonchev–Trinajstić information content (AvgIpc) is 2.61. The van der Waals surface area contributed by atoms with E-state index in [1.165, 1.54) is 50.5 Å². The molecule has 138 valence electrons. The molecule has 1 aromatic rings. The molecule has 1 amide bonds. The number of amides is 1. The Labute approximate surface area is 149 Å². The minimum absolute atomic E-state index is 0.0489. The van der Waals surface area contributed by atoms with Crippen LogP contribution in [0.1, 0.15) is 55.8 Å². The fourth-order valence-electron chi connectivity index (χ4n) is 2.99. The van der Waals surface area contributed by atoms with E-state index in [2.05, 4.69) is 10.0 Å². The quantitative estimate of drug-likeness (QED) is 0.690. The molecular weight excluding hydrogens is 340 g/mol. The van der Waals surface area contributed by atoms with Gasteiger partial charge < -0.3 is 5.32 Å². The van der Waals surface area contributed by atoms with Gasteiger partial charge in [-0.3, -0.25) is 9.59 Å². The van der Waals surface area contributed by atoms with Crippen molar-refractivity contribution in [3.63, 3.8) is 0 Å². The minimum Gasteiger partial charge on any atom is -0.356 e. The maximum absolute atomic E-state index is 12.2. The Hall–Kier alpha value is -1.73. The van der Waals surface area contributed by atoms with Crippen molar-refractivity contribution in [1.29, 1.82) is 0 Å². The monoisotopic (exact) mass is 366 g/mol. The number of Topliss-reactive ketones (excluding diaryl/α,β-unsaturated/α-hetero) is 1. The van der Waals surface area contributed by atoms with Gasteiger partial charge in [0.2, 0.25) is 15.9 Å². The lowest BCUT2D eigenvalue weighted by Gasteiger charge is -2.21. The molecule has 0 bridgehead atoms. The molecule has 1 aliphatic rings. The van der Waals surface area contributed by atoms with Crippen molar-refractivity contribution in [2.75, 3.05) is 13.1 Å². The molecular formula is C18H26N2O4S. The topological polar surface area (TPSA) is 92.3 Å². The van der Waals surface area contributed by atoms with E-state index in [9.17, 15) is 18.0 Å². The summed E-state index contributed by atoms with van der Waals surface area (Å²) in [7, 11) is -3.68. The summed E-state index contributed by atoms with van der Waals surface area (Å²) in [6.07, 6.45) is 6.15. The SMILES string of the molecule is CC(=O)c1ccc(S(=O)(=O)NCCC(=O)NCC2CCCCC2)cc1. The molecule has 1 saturated carbocycles. The van der Waals surface area contributed by atoms with Crippen LogP contribution in [0.3, 0.4) is 0 Å². The Bertz CT molecular complexity index is 692. The smallest absolute Gasteiger partial charge is 0.240 e. The number of ketones is 1. The van der Waals surface area contributed by atoms with E-state index in [4.69, 9.17) is 0 Å². The van der Waals surface area contributed by atoms with Gasteiger partial charge in [-0.05, 0) is 37.8 Å². The van der Waals surface area contributed by atoms with Crippen molar-refractivity contribution >= 4 is 21.7 Å². The molecule has 0 atom stereocenters. The number of carbonyl (C=O) groups is 2. The van der Waals surface area contributed by atoms with E-state index in [0.29, 0.717) is 18.0 Å². The maximum Gasteiger partial charge on any atom is 0.240 e. The number of nitrogens with one attached hydrogen (secondary N) is 2. The summed E-state index contributed by atoms with van der Waals surface area (Å²) in [6.45, 7) is 2.15. The molecule has 6 nitrogen and oxygen atoms in total. The number of sulfonamides is 1.